The second-order valence-corrected chi connectivity index (χ2v) is 8.55. The largest absolute Gasteiger partial charge is 0.478 e. The molecule has 0 saturated heterocycles. The van der Waals surface area contributed by atoms with Gasteiger partial charge in [-0.25, -0.2) is 14.5 Å². The number of Topliss-reactive ketones (excluding diaryl/α,β-unsaturated/α-hetero) is 1. The highest BCUT2D eigenvalue weighted by Crippen LogP contribution is 2.28. The first-order valence-corrected chi connectivity index (χ1v) is 11.4. The lowest BCUT2D eigenvalue weighted by Gasteiger charge is -2.19. The fourth-order valence-electron chi connectivity index (χ4n) is 4.53. The van der Waals surface area contributed by atoms with Gasteiger partial charge in [0.2, 0.25) is 11.6 Å². The Labute approximate surface area is 188 Å². The van der Waals surface area contributed by atoms with Crippen molar-refractivity contribution in [1.82, 2.24) is 14.8 Å². The Morgan fingerprint density at radius 3 is 2.50 bits per heavy atom. The van der Waals surface area contributed by atoms with Crippen molar-refractivity contribution in [2.75, 3.05) is 0 Å². The first-order chi connectivity index (χ1) is 15.5. The molecule has 1 heterocycles. The van der Waals surface area contributed by atoms with Crippen LogP contribution in [0.2, 0.25) is 0 Å². The molecule has 6 heteroatoms. The summed E-state index contributed by atoms with van der Waals surface area (Å²) in [6.07, 6.45) is 7.05. The fourth-order valence-corrected chi connectivity index (χ4v) is 4.53. The SMILES string of the molecule is CCc1nc(C(=O)CC2CCCCC2)nn1Cc1ccc(-c2ccccc2)c(C(=O)O)c1. The number of carbonyl (C=O) groups excluding carboxylic acids is 1. The van der Waals surface area contributed by atoms with E-state index in [1.165, 1.54) is 19.3 Å². The first-order valence-electron chi connectivity index (χ1n) is 11.4. The molecule has 32 heavy (non-hydrogen) atoms. The zero-order chi connectivity index (χ0) is 22.5. The van der Waals surface area contributed by atoms with Gasteiger partial charge in [-0.2, -0.15) is 0 Å². The number of carboxylic acid groups (broad SMARTS) is 1. The number of aromatic carboxylic acids is 1. The molecule has 1 saturated carbocycles. The average Bonchev–Trinajstić information content (AvgIpc) is 3.23. The number of aromatic nitrogens is 3. The van der Waals surface area contributed by atoms with Gasteiger partial charge in [0.05, 0.1) is 12.1 Å². The van der Waals surface area contributed by atoms with Crippen LogP contribution in [0, 0.1) is 5.92 Å². The van der Waals surface area contributed by atoms with Crippen LogP contribution >= 0.6 is 0 Å². The van der Waals surface area contributed by atoms with Crippen LogP contribution in [-0.4, -0.2) is 31.6 Å². The number of hydrogen-bond donors (Lipinski definition) is 1. The van der Waals surface area contributed by atoms with E-state index in [9.17, 15) is 14.7 Å². The summed E-state index contributed by atoms with van der Waals surface area (Å²) in [7, 11) is 0. The second-order valence-electron chi connectivity index (χ2n) is 8.55. The molecule has 0 aliphatic heterocycles. The van der Waals surface area contributed by atoms with Crippen LogP contribution in [-0.2, 0) is 13.0 Å². The highest BCUT2D eigenvalue weighted by atomic mass is 16.4. The molecule has 4 rings (SSSR count). The molecule has 0 atom stereocenters. The summed E-state index contributed by atoms with van der Waals surface area (Å²) in [5.41, 5.74) is 2.61. The zero-order valence-corrected chi connectivity index (χ0v) is 18.5. The lowest BCUT2D eigenvalue weighted by molar-refractivity contribution is 0.0697. The summed E-state index contributed by atoms with van der Waals surface area (Å²) >= 11 is 0. The van der Waals surface area contributed by atoms with E-state index in [0.29, 0.717) is 30.9 Å². The summed E-state index contributed by atoms with van der Waals surface area (Å²) < 4.78 is 1.73. The van der Waals surface area contributed by atoms with E-state index in [2.05, 4.69) is 10.1 Å². The van der Waals surface area contributed by atoms with Crippen molar-refractivity contribution < 1.29 is 14.7 Å². The van der Waals surface area contributed by atoms with Crippen LogP contribution in [0.15, 0.2) is 48.5 Å². The third kappa shape index (κ3) is 4.96. The molecule has 1 fully saturated rings. The third-order valence-corrected chi connectivity index (χ3v) is 6.24. The highest BCUT2D eigenvalue weighted by molar-refractivity contribution is 5.96. The molecule has 1 aliphatic rings. The van der Waals surface area contributed by atoms with Gasteiger partial charge in [-0.05, 0) is 28.7 Å². The molecule has 166 valence electrons. The van der Waals surface area contributed by atoms with Gasteiger partial charge in [-0.1, -0.05) is 81.5 Å². The Bertz CT molecular complexity index is 1100. The molecular weight excluding hydrogens is 402 g/mol. The Balaban J connectivity index is 1.56. The van der Waals surface area contributed by atoms with Crippen LogP contribution in [0.3, 0.4) is 0 Å². The van der Waals surface area contributed by atoms with E-state index in [0.717, 1.165) is 29.8 Å². The van der Waals surface area contributed by atoms with Crippen molar-refractivity contribution >= 4 is 11.8 Å². The molecule has 0 unspecified atom stereocenters. The Hall–Kier alpha value is -3.28. The van der Waals surface area contributed by atoms with Crippen LogP contribution in [0.4, 0.5) is 0 Å². The monoisotopic (exact) mass is 431 g/mol. The van der Waals surface area contributed by atoms with Crippen LogP contribution in [0.5, 0.6) is 0 Å². The maximum absolute atomic E-state index is 12.8. The molecule has 3 aromatic rings. The first kappa shape index (κ1) is 21.9. The predicted octanol–water partition coefficient (Wildman–Crippen LogP) is 5.41. The molecule has 6 nitrogen and oxygen atoms in total. The molecule has 1 aromatic heterocycles. The number of rotatable bonds is 8. The Kier molecular flexibility index (Phi) is 6.78. The van der Waals surface area contributed by atoms with E-state index in [1.807, 2.05) is 49.4 Å². The summed E-state index contributed by atoms with van der Waals surface area (Å²) in [4.78, 5) is 29.2. The van der Waals surface area contributed by atoms with Gasteiger partial charge in [-0.15, -0.1) is 5.10 Å². The number of carbonyl (C=O) groups is 2. The summed E-state index contributed by atoms with van der Waals surface area (Å²) in [6, 6.07) is 14.9. The van der Waals surface area contributed by atoms with Crippen molar-refractivity contribution in [3.8, 4) is 11.1 Å². The van der Waals surface area contributed by atoms with Gasteiger partial charge in [0.1, 0.15) is 5.82 Å². The van der Waals surface area contributed by atoms with Crippen molar-refractivity contribution in [3.05, 3.63) is 71.3 Å². The minimum absolute atomic E-state index is 0.0102. The lowest BCUT2D eigenvalue weighted by atomic mass is 9.86. The van der Waals surface area contributed by atoms with Crippen LogP contribution in [0.25, 0.3) is 11.1 Å². The molecule has 0 bridgehead atoms. The van der Waals surface area contributed by atoms with E-state index in [1.54, 1.807) is 10.7 Å². The number of nitrogens with zero attached hydrogens (tertiary/aromatic N) is 3. The lowest BCUT2D eigenvalue weighted by Crippen LogP contribution is -2.14. The number of ketones is 1. The molecule has 0 amide bonds. The van der Waals surface area contributed by atoms with Crippen molar-refractivity contribution in [1.29, 1.82) is 0 Å². The van der Waals surface area contributed by atoms with E-state index >= 15 is 0 Å². The van der Waals surface area contributed by atoms with Gasteiger partial charge >= 0.3 is 5.97 Å². The predicted molar refractivity (Wildman–Crippen MR) is 123 cm³/mol. The quantitative estimate of drug-likeness (QED) is 0.482. The smallest absolute Gasteiger partial charge is 0.336 e. The summed E-state index contributed by atoms with van der Waals surface area (Å²) in [5, 5.41) is 14.3. The van der Waals surface area contributed by atoms with Crippen LogP contribution in [0.1, 0.15) is 77.8 Å². The van der Waals surface area contributed by atoms with E-state index in [4.69, 9.17) is 0 Å². The maximum atomic E-state index is 12.8. The average molecular weight is 432 g/mol. The molecule has 0 spiro atoms. The number of hydrogen-bond acceptors (Lipinski definition) is 4. The van der Waals surface area contributed by atoms with E-state index < -0.39 is 5.97 Å². The van der Waals surface area contributed by atoms with Gasteiger partial charge < -0.3 is 5.11 Å². The highest BCUT2D eigenvalue weighted by Gasteiger charge is 2.22. The minimum atomic E-state index is -0.969. The molecular formula is C26H29N3O3. The summed E-state index contributed by atoms with van der Waals surface area (Å²) in [6.45, 7) is 2.36. The topological polar surface area (TPSA) is 85.1 Å². The van der Waals surface area contributed by atoms with Crippen molar-refractivity contribution in [3.63, 3.8) is 0 Å². The Morgan fingerprint density at radius 1 is 1.06 bits per heavy atom. The normalized spacial score (nSPS) is 14.4. The minimum Gasteiger partial charge on any atom is -0.478 e. The number of carboxylic acids is 1. The molecule has 1 N–H and O–H groups in total. The molecule has 2 aromatic carbocycles. The third-order valence-electron chi connectivity index (χ3n) is 6.24. The summed E-state index contributed by atoms with van der Waals surface area (Å²) in [5.74, 6) is 0.504. The molecule has 1 aliphatic carbocycles. The van der Waals surface area contributed by atoms with Gasteiger partial charge in [0.15, 0.2) is 0 Å². The standard InChI is InChI=1S/C26H29N3O3/c1-2-24-27-25(23(30)16-18-9-5-3-6-10-18)28-29(24)17-19-13-14-21(22(15-19)26(31)32)20-11-7-4-8-12-20/h4,7-8,11-15,18H,2-3,5-6,9-10,16-17H2,1H3,(H,31,32). The molecule has 0 radical (unpaired) electrons. The van der Waals surface area contributed by atoms with Gasteiger partial charge in [0.25, 0.3) is 0 Å². The van der Waals surface area contributed by atoms with Crippen molar-refractivity contribution in [2.24, 2.45) is 5.92 Å². The number of aryl methyl sites for hydroxylation is 1. The Morgan fingerprint density at radius 2 is 1.81 bits per heavy atom. The van der Waals surface area contributed by atoms with Gasteiger partial charge in [-0.3, -0.25) is 4.79 Å². The van der Waals surface area contributed by atoms with Gasteiger partial charge in [0, 0.05) is 12.8 Å². The van der Waals surface area contributed by atoms with Crippen LogP contribution < -0.4 is 0 Å². The van der Waals surface area contributed by atoms with Crippen molar-refractivity contribution in [2.45, 2.75) is 58.4 Å². The maximum Gasteiger partial charge on any atom is 0.336 e. The second kappa shape index (κ2) is 9.90. The zero-order valence-electron chi connectivity index (χ0n) is 18.5. The van der Waals surface area contributed by atoms with E-state index in [-0.39, 0.29) is 17.2 Å². The number of benzene rings is 2. The fraction of sp³-hybridized carbons (Fsp3) is 0.385.